The van der Waals surface area contributed by atoms with Gasteiger partial charge in [0.15, 0.2) is 0 Å². The first-order valence-corrected chi connectivity index (χ1v) is 5.63. The van der Waals surface area contributed by atoms with Crippen LogP contribution in [0.15, 0.2) is 30.6 Å². The Morgan fingerprint density at radius 3 is 2.79 bits per heavy atom. The predicted octanol–water partition coefficient (Wildman–Crippen LogP) is 0.475. The molecule has 0 atom stereocenters. The second-order valence-corrected chi connectivity index (χ2v) is 3.80. The summed E-state index contributed by atoms with van der Waals surface area (Å²) in [6.45, 7) is 0.323. The highest BCUT2D eigenvalue weighted by Crippen LogP contribution is 2.08. The molecule has 0 saturated carbocycles. The fourth-order valence-electron chi connectivity index (χ4n) is 1.66. The van der Waals surface area contributed by atoms with E-state index in [2.05, 4.69) is 20.5 Å². The summed E-state index contributed by atoms with van der Waals surface area (Å²) in [6.07, 6.45) is 1.68. The average molecular weight is 260 g/mol. The fraction of sp³-hybridized carbons (Fsp3) is 0.167. The van der Waals surface area contributed by atoms with E-state index in [1.807, 2.05) is 0 Å². The number of aromatic amines is 1. The van der Waals surface area contributed by atoms with Gasteiger partial charge >= 0.3 is 5.97 Å². The van der Waals surface area contributed by atoms with Gasteiger partial charge in [-0.1, -0.05) is 18.2 Å². The number of nitrogens with one attached hydrogen (secondary N) is 2. The number of carbonyl (C=O) groups excluding carboxylic acids is 1. The van der Waals surface area contributed by atoms with Crippen molar-refractivity contribution < 1.29 is 14.7 Å². The van der Waals surface area contributed by atoms with E-state index in [0.717, 1.165) is 0 Å². The van der Waals surface area contributed by atoms with Crippen LogP contribution in [-0.2, 0) is 6.42 Å². The van der Waals surface area contributed by atoms with Crippen LogP contribution in [0.5, 0.6) is 0 Å². The van der Waals surface area contributed by atoms with E-state index in [4.69, 9.17) is 5.11 Å². The standard InChI is InChI=1S/C12H12N4O3/c17-11(10-14-7-15-16-10)13-6-5-8-3-1-2-4-9(8)12(18)19/h1-4,7H,5-6H2,(H,13,17)(H,18,19)(H,14,15,16). The molecule has 98 valence electrons. The van der Waals surface area contributed by atoms with Crippen LogP contribution < -0.4 is 5.32 Å². The number of carbonyl (C=O) groups is 2. The van der Waals surface area contributed by atoms with Crippen molar-refractivity contribution in [2.75, 3.05) is 6.54 Å². The number of aromatic carboxylic acids is 1. The molecule has 0 aliphatic carbocycles. The van der Waals surface area contributed by atoms with Crippen LogP contribution in [-0.4, -0.2) is 38.7 Å². The lowest BCUT2D eigenvalue weighted by molar-refractivity contribution is 0.0695. The normalized spacial score (nSPS) is 10.1. The molecule has 0 bridgehead atoms. The zero-order chi connectivity index (χ0) is 13.7. The molecule has 0 unspecified atom stereocenters. The van der Waals surface area contributed by atoms with E-state index in [1.165, 1.54) is 12.4 Å². The predicted molar refractivity (Wildman–Crippen MR) is 65.8 cm³/mol. The lowest BCUT2D eigenvalue weighted by Gasteiger charge is -2.06. The lowest BCUT2D eigenvalue weighted by atomic mass is 10.0. The maximum atomic E-state index is 11.6. The van der Waals surface area contributed by atoms with E-state index < -0.39 is 5.97 Å². The molecule has 1 amide bonds. The molecule has 1 aromatic carbocycles. The van der Waals surface area contributed by atoms with Crippen molar-refractivity contribution in [2.45, 2.75) is 6.42 Å². The molecular formula is C12H12N4O3. The van der Waals surface area contributed by atoms with E-state index >= 15 is 0 Å². The Kier molecular flexibility index (Phi) is 3.87. The van der Waals surface area contributed by atoms with Gasteiger partial charge < -0.3 is 10.4 Å². The van der Waals surface area contributed by atoms with Gasteiger partial charge in [-0.15, -0.1) is 0 Å². The summed E-state index contributed by atoms with van der Waals surface area (Å²) in [6, 6.07) is 6.69. The number of nitrogens with zero attached hydrogens (tertiary/aromatic N) is 2. The molecule has 7 heteroatoms. The van der Waals surface area contributed by atoms with E-state index in [0.29, 0.717) is 18.5 Å². The lowest BCUT2D eigenvalue weighted by Crippen LogP contribution is -2.27. The highest BCUT2D eigenvalue weighted by Gasteiger charge is 2.10. The molecule has 0 aliphatic heterocycles. The maximum Gasteiger partial charge on any atom is 0.335 e. The van der Waals surface area contributed by atoms with Crippen molar-refractivity contribution in [3.8, 4) is 0 Å². The summed E-state index contributed by atoms with van der Waals surface area (Å²) in [7, 11) is 0. The first-order valence-electron chi connectivity index (χ1n) is 5.63. The average Bonchev–Trinajstić information content (AvgIpc) is 2.93. The summed E-state index contributed by atoms with van der Waals surface area (Å²) < 4.78 is 0. The summed E-state index contributed by atoms with van der Waals surface area (Å²) in [5, 5.41) is 17.7. The number of hydrogen-bond acceptors (Lipinski definition) is 4. The van der Waals surface area contributed by atoms with Gasteiger partial charge in [0.25, 0.3) is 5.91 Å². The van der Waals surface area contributed by atoms with Crippen molar-refractivity contribution in [3.63, 3.8) is 0 Å². The number of carboxylic acid groups (broad SMARTS) is 1. The third-order valence-corrected chi connectivity index (χ3v) is 2.56. The third-order valence-electron chi connectivity index (χ3n) is 2.56. The summed E-state index contributed by atoms with van der Waals surface area (Å²) >= 11 is 0. The molecule has 7 nitrogen and oxygen atoms in total. The van der Waals surface area contributed by atoms with Gasteiger partial charge in [0.2, 0.25) is 5.82 Å². The van der Waals surface area contributed by atoms with Crippen LogP contribution >= 0.6 is 0 Å². The molecule has 2 rings (SSSR count). The smallest absolute Gasteiger partial charge is 0.335 e. The van der Waals surface area contributed by atoms with Crippen molar-refractivity contribution in [3.05, 3.63) is 47.5 Å². The Morgan fingerprint density at radius 2 is 2.11 bits per heavy atom. The third kappa shape index (κ3) is 3.15. The first-order chi connectivity index (χ1) is 9.18. The van der Waals surface area contributed by atoms with Crippen molar-refractivity contribution in [1.82, 2.24) is 20.5 Å². The van der Waals surface area contributed by atoms with Gasteiger partial charge in [-0.2, -0.15) is 5.10 Å². The quantitative estimate of drug-likeness (QED) is 0.724. The molecule has 1 aromatic heterocycles. The van der Waals surface area contributed by atoms with Crippen LogP contribution in [0.1, 0.15) is 26.5 Å². The highest BCUT2D eigenvalue weighted by atomic mass is 16.4. The minimum absolute atomic E-state index is 0.131. The SMILES string of the molecule is O=C(NCCc1ccccc1C(=O)O)c1ncn[nH]1. The van der Waals surface area contributed by atoms with Gasteiger partial charge in [0.05, 0.1) is 5.56 Å². The number of hydrogen-bond donors (Lipinski definition) is 3. The van der Waals surface area contributed by atoms with Crippen LogP contribution in [0, 0.1) is 0 Å². The van der Waals surface area contributed by atoms with Gasteiger partial charge in [-0.25, -0.2) is 9.78 Å². The molecule has 0 radical (unpaired) electrons. The number of carboxylic acids is 1. The molecular weight excluding hydrogens is 248 g/mol. The molecule has 0 spiro atoms. The van der Waals surface area contributed by atoms with Gasteiger partial charge in [0.1, 0.15) is 6.33 Å². The van der Waals surface area contributed by atoms with Crippen molar-refractivity contribution in [1.29, 1.82) is 0 Å². The largest absolute Gasteiger partial charge is 0.478 e. The number of rotatable bonds is 5. The monoisotopic (exact) mass is 260 g/mol. The highest BCUT2D eigenvalue weighted by molar-refractivity contribution is 5.90. The molecule has 2 aromatic rings. The second kappa shape index (κ2) is 5.76. The van der Waals surface area contributed by atoms with E-state index in [-0.39, 0.29) is 17.3 Å². The zero-order valence-corrected chi connectivity index (χ0v) is 9.96. The van der Waals surface area contributed by atoms with Gasteiger partial charge in [-0.3, -0.25) is 9.89 Å². The van der Waals surface area contributed by atoms with Crippen LogP contribution in [0.25, 0.3) is 0 Å². The Balaban J connectivity index is 1.93. The number of amides is 1. The minimum atomic E-state index is -0.975. The molecule has 0 aliphatic rings. The van der Waals surface area contributed by atoms with Crippen molar-refractivity contribution >= 4 is 11.9 Å². The number of H-pyrrole nitrogens is 1. The van der Waals surface area contributed by atoms with Gasteiger partial charge in [0, 0.05) is 6.54 Å². The maximum absolute atomic E-state index is 11.6. The fourth-order valence-corrected chi connectivity index (χ4v) is 1.66. The molecule has 3 N–H and O–H groups in total. The van der Waals surface area contributed by atoms with E-state index in [1.54, 1.807) is 18.2 Å². The summed E-state index contributed by atoms with van der Waals surface area (Å²) in [4.78, 5) is 26.3. The Labute approximate surface area is 108 Å². The van der Waals surface area contributed by atoms with Crippen LogP contribution in [0.4, 0.5) is 0 Å². The minimum Gasteiger partial charge on any atom is -0.478 e. The Bertz CT molecular complexity index is 580. The summed E-state index contributed by atoms with van der Waals surface area (Å²) in [5.74, 6) is -1.21. The van der Waals surface area contributed by atoms with Crippen molar-refractivity contribution in [2.24, 2.45) is 0 Å². The first kappa shape index (κ1) is 12.7. The molecule has 1 heterocycles. The van der Waals surface area contributed by atoms with Gasteiger partial charge in [-0.05, 0) is 18.1 Å². The van der Waals surface area contributed by atoms with E-state index in [9.17, 15) is 9.59 Å². The molecule has 0 fully saturated rings. The van der Waals surface area contributed by atoms with Crippen LogP contribution in [0.2, 0.25) is 0 Å². The summed E-state index contributed by atoms with van der Waals surface area (Å²) in [5.41, 5.74) is 0.921. The molecule has 0 saturated heterocycles. The molecule has 19 heavy (non-hydrogen) atoms. The zero-order valence-electron chi connectivity index (χ0n) is 9.96. The number of benzene rings is 1. The second-order valence-electron chi connectivity index (χ2n) is 3.80. The van der Waals surface area contributed by atoms with Crippen LogP contribution in [0.3, 0.4) is 0 Å². The topological polar surface area (TPSA) is 108 Å². The number of aromatic nitrogens is 3. The Morgan fingerprint density at radius 1 is 1.32 bits per heavy atom. The Hall–Kier alpha value is -2.70.